The quantitative estimate of drug-likeness (QED) is 0.198. The topological polar surface area (TPSA) is 136 Å². The zero-order valence-electron chi connectivity index (χ0n) is 30.5. The number of halogens is 1. The number of fused-ring (bicyclic) bond motifs is 3. The summed E-state index contributed by atoms with van der Waals surface area (Å²) in [4.78, 5) is 16.4. The Kier molecular flexibility index (Phi) is 8.68. The number of benzene rings is 2. The molecule has 55 heavy (non-hydrogen) atoms. The second kappa shape index (κ2) is 13.6. The fourth-order valence-electron chi connectivity index (χ4n) is 8.44. The molecule has 280 valence electrons. The number of nitrogens with zero attached hydrogens (tertiary/aromatic N) is 9. The van der Waals surface area contributed by atoms with Gasteiger partial charge in [-0.25, -0.2) is 26.7 Å². The monoisotopic (exact) mass is 757 g/mol. The molecule has 2 unspecified atom stereocenters. The van der Waals surface area contributed by atoms with Gasteiger partial charge in [-0.15, -0.1) is 0 Å². The molecule has 4 fully saturated rings. The van der Waals surface area contributed by atoms with Gasteiger partial charge in [-0.2, -0.15) is 10.4 Å². The van der Waals surface area contributed by atoms with E-state index in [2.05, 4.69) is 32.8 Å². The highest BCUT2D eigenvalue weighted by molar-refractivity contribution is 7.90. The van der Waals surface area contributed by atoms with Crippen LogP contribution in [0.2, 0.25) is 0 Å². The van der Waals surface area contributed by atoms with Gasteiger partial charge in [0.05, 0.1) is 28.4 Å². The Morgan fingerprint density at radius 1 is 0.927 bits per heavy atom. The van der Waals surface area contributed by atoms with Gasteiger partial charge >= 0.3 is 0 Å². The van der Waals surface area contributed by atoms with Gasteiger partial charge in [0, 0.05) is 77.9 Å². The molecule has 0 spiro atoms. The number of aromatic nitrogens is 5. The molecular weight excluding hydrogens is 718 g/mol. The van der Waals surface area contributed by atoms with Crippen LogP contribution in [0.25, 0.3) is 33.4 Å². The van der Waals surface area contributed by atoms with E-state index in [9.17, 15) is 23.2 Å². The molecule has 10 rings (SSSR count). The van der Waals surface area contributed by atoms with Crippen LogP contribution in [0.5, 0.6) is 5.75 Å². The molecule has 12 nitrogen and oxygen atoms in total. The number of pyridine rings is 2. The van der Waals surface area contributed by atoms with Gasteiger partial charge in [0.25, 0.3) is 10.0 Å². The Morgan fingerprint density at radius 3 is 2.40 bits per heavy atom. The Labute approximate surface area is 318 Å². The van der Waals surface area contributed by atoms with Gasteiger partial charge in [-0.1, -0.05) is 17.7 Å². The molecule has 4 aliphatic heterocycles. The van der Waals surface area contributed by atoms with Crippen LogP contribution in [0.15, 0.2) is 90.3 Å². The van der Waals surface area contributed by atoms with E-state index < -0.39 is 10.0 Å². The van der Waals surface area contributed by atoms with E-state index in [4.69, 9.17) is 10.1 Å². The summed E-state index contributed by atoms with van der Waals surface area (Å²) >= 11 is 0. The van der Waals surface area contributed by atoms with Crippen LogP contribution in [0.3, 0.4) is 0 Å². The molecule has 4 aromatic heterocycles. The first-order chi connectivity index (χ1) is 26.6. The molecule has 8 heterocycles. The first-order valence-electron chi connectivity index (χ1n) is 18.5. The van der Waals surface area contributed by atoms with E-state index in [0.717, 1.165) is 56.8 Å². The number of rotatable bonds is 8. The standard InChI is InChI=1S/C41H40FN9O3S/c1-26-3-7-35(8-4-26)55(53,54)51-37(30-21-46-50(23-30)32-11-13-47(2)14-12-32)17-36-40(29(18-43)20-45-41(36)51)27-5-10-39(44-19-27)48-24-33-16-34(25-48)49(33)22-28-15-31(42)6-9-38(28)52/h3-10,15,17,19-21,23,32-34,52H,11-14,16,22,24-25H2,1-2H3. The zero-order chi connectivity index (χ0) is 38.0. The number of nitriles is 1. The van der Waals surface area contributed by atoms with Crippen molar-refractivity contribution < 1.29 is 17.9 Å². The maximum atomic E-state index is 14.5. The van der Waals surface area contributed by atoms with E-state index in [-0.39, 0.29) is 40.2 Å². The number of anilines is 1. The number of likely N-dealkylation sites (tertiary alicyclic amines) is 1. The van der Waals surface area contributed by atoms with Crippen molar-refractivity contribution in [2.45, 2.75) is 55.8 Å². The van der Waals surface area contributed by atoms with Crippen molar-refractivity contribution in [1.82, 2.24) is 33.5 Å². The maximum Gasteiger partial charge on any atom is 0.269 e. The fraction of sp³-hybridized carbons (Fsp3) is 0.317. The predicted molar refractivity (Wildman–Crippen MR) is 206 cm³/mol. The maximum absolute atomic E-state index is 14.5. The Bertz CT molecular complexity index is 2560. The van der Waals surface area contributed by atoms with Gasteiger partial charge < -0.3 is 14.9 Å². The Balaban J connectivity index is 1.07. The minimum atomic E-state index is -4.14. The van der Waals surface area contributed by atoms with E-state index in [1.54, 1.807) is 42.7 Å². The van der Waals surface area contributed by atoms with Crippen molar-refractivity contribution in [3.8, 4) is 34.2 Å². The third-order valence-electron chi connectivity index (χ3n) is 11.5. The summed E-state index contributed by atoms with van der Waals surface area (Å²) in [7, 11) is -2.03. The fourth-order valence-corrected chi connectivity index (χ4v) is 9.92. The number of aryl methyl sites for hydroxylation is 1. The van der Waals surface area contributed by atoms with Crippen LogP contribution in [0.4, 0.5) is 10.2 Å². The van der Waals surface area contributed by atoms with Gasteiger partial charge in [0.1, 0.15) is 23.5 Å². The molecular formula is C41H40FN9O3S. The summed E-state index contributed by atoms with van der Waals surface area (Å²) in [5.41, 5.74) is 4.29. The summed E-state index contributed by atoms with van der Waals surface area (Å²) in [6.07, 6.45) is 9.70. The molecule has 2 bridgehead atoms. The molecule has 1 N–H and O–H groups in total. The lowest BCUT2D eigenvalue weighted by Crippen LogP contribution is -2.68. The van der Waals surface area contributed by atoms with Gasteiger partial charge in [-0.05, 0) is 94.9 Å². The van der Waals surface area contributed by atoms with Gasteiger partial charge in [0.15, 0.2) is 5.65 Å². The van der Waals surface area contributed by atoms with Crippen molar-refractivity contribution in [1.29, 1.82) is 5.26 Å². The number of hydrogen-bond acceptors (Lipinski definition) is 10. The van der Waals surface area contributed by atoms with Gasteiger partial charge in [0.2, 0.25) is 0 Å². The number of hydrogen-bond donors (Lipinski definition) is 1. The number of aromatic hydroxyl groups is 1. The summed E-state index contributed by atoms with van der Waals surface area (Å²) in [5, 5.41) is 25.8. The number of phenols is 1. The summed E-state index contributed by atoms with van der Waals surface area (Å²) in [6.45, 7) is 5.77. The number of phenolic OH excluding ortho intramolecular Hbond substituents is 1. The molecule has 0 amide bonds. The lowest BCUT2D eigenvalue weighted by Gasteiger charge is -2.56. The van der Waals surface area contributed by atoms with Crippen LogP contribution >= 0.6 is 0 Å². The van der Waals surface area contributed by atoms with Crippen molar-refractivity contribution in [3.05, 3.63) is 108 Å². The molecule has 6 aromatic rings. The largest absolute Gasteiger partial charge is 0.508 e. The third-order valence-corrected chi connectivity index (χ3v) is 13.2. The molecule has 0 radical (unpaired) electrons. The second-order valence-electron chi connectivity index (χ2n) is 15.1. The smallest absolute Gasteiger partial charge is 0.269 e. The third kappa shape index (κ3) is 6.22. The van der Waals surface area contributed by atoms with E-state index in [1.807, 2.05) is 29.9 Å². The SMILES string of the molecule is Cc1ccc(S(=O)(=O)n2c(-c3cnn(C4CCN(C)CC4)c3)cc3c(-c4ccc(N5CC6CC(C5)N6Cc5cc(F)ccc5O)nc4)c(C#N)cnc32)cc1. The molecule has 0 aliphatic carbocycles. The Morgan fingerprint density at radius 2 is 1.69 bits per heavy atom. The molecule has 0 saturated carbocycles. The number of piperidine rings is 2. The zero-order valence-corrected chi connectivity index (χ0v) is 31.4. The van der Waals surface area contributed by atoms with Crippen molar-refractivity contribution in [2.24, 2.45) is 0 Å². The van der Waals surface area contributed by atoms with Crippen molar-refractivity contribution in [3.63, 3.8) is 0 Å². The minimum absolute atomic E-state index is 0.0976. The van der Waals surface area contributed by atoms with Crippen molar-refractivity contribution >= 4 is 26.9 Å². The molecule has 4 saturated heterocycles. The lowest BCUT2D eigenvalue weighted by molar-refractivity contribution is -0.00921. The summed E-state index contributed by atoms with van der Waals surface area (Å²) < 4.78 is 46.2. The molecule has 2 atom stereocenters. The van der Waals surface area contributed by atoms with Crippen LogP contribution in [0, 0.1) is 24.1 Å². The van der Waals surface area contributed by atoms with Crippen molar-refractivity contribution in [2.75, 3.05) is 38.1 Å². The lowest BCUT2D eigenvalue weighted by atomic mass is 9.86. The minimum Gasteiger partial charge on any atom is -0.508 e. The number of piperazine rings is 1. The van der Waals surface area contributed by atoms with E-state index in [0.29, 0.717) is 45.4 Å². The molecule has 2 aromatic carbocycles. The summed E-state index contributed by atoms with van der Waals surface area (Å²) in [5.74, 6) is 0.521. The first-order valence-corrected chi connectivity index (χ1v) is 20.0. The van der Waals surface area contributed by atoms with Crippen LogP contribution in [0.1, 0.15) is 42.0 Å². The predicted octanol–water partition coefficient (Wildman–Crippen LogP) is 5.95. The van der Waals surface area contributed by atoms with E-state index in [1.165, 1.54) is 28.4 Å². The normalized spacial score (nSPS) is 19.4. The highest BCUT2D eigenvalue weighted by atomic mass is 32.2. The average Bonchev–Trinajstić information content (AvgIpc) is 3.84. The van der Waals surface area contributed by atoms with Crippen LogP contribution in [-0.2, 0) is 16.6 Å². The average molecular weight is 758 g/mol. The van der Waals surface area contributed by atoms with E-state index >= 15 is 0 Å². The Hall–Kier alpha value is -5.62. The molecule has 4 aliphatic rings. The molecule has 14 heteroatoms. The second-order valence-corrected chi connectivity index (χ2v) is 16.8. The van der Waals surface area contributed by atoms with Crippen LogP contribution < -0.4 is 4.90 Å². The highest BCUT2D eigenvalue weighted by Gasteiger charge is 2.45. The van der Waals surface area contributed by atoms with Crippen LogP contribution in [-0.4, -0.2) is 92.4 Å². The highest BCUT2D eigenvalue weighted by Crippen LogP contribution is 2.40. The first kappa shape index (κ1) is 35.1. The summed E-state index contributed by atoms with van der Waals surface area (Å²) in [6, 6.07) is 19.4. The van der Waals surface area contributed by atoms with Gasteiger partial charge in [-0.3, -0.25) is 9.58 Å².